The molecule has 6 nitrogen and oxygen atoms in total. The third-order valence-electron chi connectivity index (χ3n) is 5.89. The molecule has 2 aromatic rings. The number of hydrogen-bond acceptors (Lipinski definition) is 6. The van der Waals surface area contributed by atoms with Gasteiger partial charge < -0.3 is 16.0 Å². The van der Waals surface area contributed by atoms with Crippen molar-refractivity contribution in [2.45, 2.75) is 50.5 Å². The molecule has 1 aliphatic heterocycles. The van der Waals surface area contributed by atoms with Gasteiger partial charge in [-0.1, -0.05) is 31.0 Å². The zero-order chi connectivity index (χ0) is 18.9. The number of benzene rings is 1. The minimum Gasteiger partial charge on any atom is -0.384 e. The van der Waals surface area contributed by atoms with E-state index < -0.39 is 5.41 Å². The monoisotopic (exact) mass is 363 g/mol. The summed E-state index contributed by atoms with van der Waals surface area (Å²) >= 11 is 0. The summed E-state index contributed by atoms with van der Waals surface area (Å²) in [6, 6.07) is 8.26. The van der Waals surface area contributed by atoms with Crippen molar-refractivity contribution < 1.29 is 4.79 Å². The van der Waals surface area contributed by atoms with Crippen molar-refractivity contribution in [3.8, 4) is 0 Å². The molecule has 1 aromatic heterocycles. The topological polar surface area (TPSA) is 90.8 Å². The molecule has 0 saturated heterocycles. The van der Waals surface area contributed by atoms with Crippen molar-refractivity contribution in [2.75, 3.05) is 17.2 Å². The number of aromatic nitrogens is 2. The van der Waals surface area contributed by atoms with Gasteiger partial charge >= 0.3 is 0 Å². The Morgan fingerprint density at radius 2 is 2.04 bits per heavy atom. The summed E-state index contributed by atoms with van der Waals surface area (Å²) in [7, 11) is 0. The molecule has 1 atom stereocenters. The molecule has 0 bridgehead atoms. The van der Waals surface area contributed by atoms with Crippen LogP contribution in [0.1, 0.15) is 55.8 Å². The number of fused-ring (bicyclic) bond motifs is 1. The molecule has 1 aromatic carbocycles. The lowest BCUT2D eigenvalue weighted by Gasteiger charge is -2.30. The molecule has 2 aliphatic rings. The molecule has 140 valence electrons. The maximum Gasteiger partial charge on any atom is 0.150 e. The third-order valence-corrected chi connectivity index (χ3v) is 5.89. The lowest BCUT2D eigenvalue weighted by atomic mass is 9.73. The molecule has 3 N–H and O–H groups in total. The quantitative estimate of drug-likeness (QED) is 0.723. The van der Waals surface area contributed by atoms with Gasteiger partial charge in [0.05, 0.1) is 16.7 Å². The number of Topliss-reactive ketones (excluding diaryl/α,β-unsaturated/α-hetero) is 1. The molecule has 0 amide bonds. The number of carbonyl (C=O) groups excluding carboxylic acids is 1. The third kappa shape index (κ3) is 2.99. The lowest BCUT2D eigenvalue weighted by Crippen LogP contribution is -2.36. The highest BCUT2D eigenvalue weighted by molar-refractivity contribution is 5.99. The Hall–Kier alpha value is -2.76. The highest BCUT2D eigenvalue weighted by atomic mass is 16.1. The summed E-state index contributed by atoms with van der Waals surface area (Å²) in [6.45, 7) is 2.53. The van der Waals surface area contributed by atoms with Crippen molar-refractivity contribution in [3.63, 3.8) is 0 Å². The van der Waals surface area contributed by atoms with Crippen LogP contribution in [-0.4, -0.2) is 34.6 Å². The van der Waals surface area contributed by atoms with Crippen LogP contribution in [0.4, 0.5) is 11.5 Å². The fourth-order valence-electron chi connectivity index (χ4n) is 4.35. The van der Waals surface area contributed by atoms with Gasteiger partial charge in [-0.15, -0.1) is 0 Å². The summed E-state index contributed by atoms with van der Waals surface area (Å²) in [5.41, 5.74) is 2.15. The molecule has 6 heteroatoms. The van der Waals surface area contributed by atoms with Crippen molar-refractivity contribution >= 4 is 23.5 Å². The smallest absolute Gasteiger partial charge is 0.150 e. The van der Waals surface area contributed by atoms with Gasteiger partial charge in [-0.3, -0.25) is 4.79 Å². The van der Waals surface area contributed by atoms with E-state index in [2.05, 4.69) is 20.6 Å². The zero-order valence-electron chi connectivity index (χ0n) is 15.6. The minimum atomic E-state index is -0.915. The molecule has 0 spiro atoms. The van der Waals surface area contributed by atoms with Crippen LogP contribution in [0.15, 0.2) is 30.6 Å². The summed E-state index contributed by atoms with van der Waals surface area (Å²) in [4.78, 5) is 22.2. The van der Waals surface area contributed by atoms with Crippen LogP contribution in [0, 0.1) is 5.41 Å². The first-order chi connectivity index (χ1) is 13.1. The van der Waals surface area contributed by atoms with E-state index in [0.717, 1.165) is 24.1 Å². The molecule has 27 heavy (non-hydrogen) atoms. The standard InChI is InChI=1S/C21H25N5O/c1-21(16-8-4-5-9-17(16)23-11-10-18(21)27)19-15(12-22)20(25-13-24-19)26-14-6-2-3-7-14/h4-5,8-9,12-14,22-23H,2-3,6-7,10-11H2,1H3,(H,24,25,26)/t21-/m0/s1. The van der Waals surface area contributed by atoms with Crippen molar-refractivity contribution in [2.24, 2.45) is 0 Å². The number of carbonyl (C=O) groups is 1. The number of hydrogen-bond donors (Lipinski definition) is 3. The van der Waals surface area contributed by atoms with E-state index in [-0.39, 0.29) is 5.78 Å². The average Bonchev–Trinajstić information content (AvgIpc) is 3.16. The van der Waals surface area contributed by atoms with Gasteiger partial charge in [-0.25, -0.2) is 9.97 Å². The highest BCUT2D eigenvalue weighted by Gasteiger charge is 2.43. The number of ketones is 1. The highest BCUT2D eigenvalue weighted by Crippen LogP contribution is 2.41. The van der Waals surface area contributed by atoms with E-state index in [1.807, 2.05) is 31.2 Å². The van der Waals surface area contributed by atoms with Crippen molar-refractivity contribution in [3.05, 3.63) is 47.4 Å². The second-order valence-corrected chi connectivity index (χ2v) is 7.53. The summed E-state index contributed by atoms with van der Waals surface area (Å²) in [6.07, 6.45) is 7.86. The fourth-order valence-corrected chi connectivity index (χ4v) is 4.35. The summed E-state index contributed by atoms with van der Waals surface area (Å²) < 4.78 is 0. The van der Waals surface area contributed by atoms with E-state index in [4.69, 9.17) is 5.41 Å². The molecule has 1 saturated carbocycles. The molecule has 1 aliphatic carbocycles. The van der Waals surface area contributed by atoms with Gasteiger partial charge in [-0.05, 0) is 31.4 Å². The lowest BCUT2D eigenvalue weighted by molar-refractivity contribution is -0.122. The molecular formula is C21H25N5O. The second-order valence-electron chi connectivity index (χ2n) is 7.53. The molecule has 1 fully saturated rings. The van der Waals surface area contributed by atoms with E-state index in [1.165, 1.54) is 25.4 Å². The van der Waals surface area contributed by atoms with E-state index in [0.29, 0.717) is 36.1 Å². The second kappa shape index (κ2) is 7.10. The number of para-hydroxylation sites is 1. The Morgan fingerprint density at radius 1 is 1.26 bits per heavy atom. The number of anilines is 2. The Morgan fingerprint density at radius 3 is 2.81 bits per heavy atom. The van der Waals surface area contributed by atoms with E-state index in [1.54, 1.807) is 0 Å². The Labute approximate surface area is 159 Å². The first kappa shape index (κ1) is 17.6. The number of nitrogens with one attached hydrogen (secondary N) is 3. The predicted octanol–water partition coefficient (Wildman–Crippen LogP) is 3.52. The largest absolute Gasteiger partial charge is 0.384 e. The van der Waals surface area contributed by atoms with Crippen LogP contribution in [0.5, 0.6) is 0 Å². The van der Waals surface area contributed by atoms with Crippen LogP contribution in [-0.2, 0) is 10.2 Å². The van der Waals surface area contributed by atoms with Crippen LogP contribution in [0.25, 0.3) is 0 Å². The zero-order valence-corrected chi connectivity index (χ0v) is 15.6. The first-order valence-electron chi connectivity index (χ1n) is 9.63. The van der Waals surface area contributed by atoms with Gasteiger partial charge in [0.1, 0.15) is 12.1 Å². The molecule has 0 unspecified atom stereocenters. The van der Waals surface area contributed by atoms with Crippen LogP contribution < -0.4 is 10.6 Å². The number of rotatable bonds is 4. The average molecular weight is 363 g/mol. The van der Waals surface area contributed by atoms with Crippen molar-refractivity contribution in [1.82, 2.24) is 9.97 Å². The van der Waals surface area contributed by atoms with Gasteiger partial charge in [0, 0.05) is 30.9 Å². The van der Waals surface area contributed by atoms with Crippen LogP contribution >= 0.6 is 0 Å². The maximum atomic E-state index is 13.2. The molecule has 4 rings (SSSR count). The molecule has 2 heterocycles. The SMILES string of the molecule is C[C@@]1(c2ncnc(NC3CCCC3)c2C=N)C(=O)CCNc2ccccc21. The van der Waals surface area contributed by atoms with Gasteiger partial charge in [0.2, 0.25) is 0 Å². The molecule has 0 radical (unpaired) electrons. The van der Waals surface area contributed by atoms with Crippen LogP contribution in [0.3, 0.4) is 0 Å². The van der Waals surface area contributed by atoms with Gasteiger partial charge in [-0.2, -0.15) is 0 Å². The van der Waals surface area contributed by atoms with Crippen molar-refractivity contribution in [1.29, 1.82) is 5.41 Å². The Kier molecular flexibility index (Phi) is 4.64. The fraction of sp³-hybridized carbons (Fsp3) is 0.429. The first-order valence-corrected chi connectivity index (χ1v) is 9.63. The normalized spacial score (nSPS) is 22.6. The van der Waals surface area contributed by atoms with Gasteiger partial charge in [0.15, 0.2) is 5.78 Å². The van der Waals surface area contributed by atoms with E-state index >= 15 is 0 Å². The Bertz CT molecular complexity index is 875. The molecular weight excluding hydrogens is 338 g/mol. The van der Waals surface area contributed by atoms with Gasteiger partial charge in [0.25, 0.3) is 0 Å². The summed E-state index contributed by atoms with van der Waals surface area (Å²) in [5.74, 6) is 0.763. The van der Waals surface area contributed by atoms with Crippen LogP contribution in [0.2, 0.25) is 0 Å². The maximum absolute atomic E-state index is 13.2. The van der Waals surface area contributed by atoms with E-state index in [9.17, 15) is 4.79 Å². The predicted molar refractivity (Wildman–Crippen MR) is 107 cm³/mol. The Balaban J connectivity index is 1.86. The number of nitrogens with zero attached hydrogens (tertiary/aromatic N) is 2. The summed E-state index contributed by atoms with van der Waals surface area (Å²) in [5, 5.41) is 14.9. The minimum absolute atomic E-state index is 0.105.